The summed E-state index contributed by atoms with van der Waals surface area (Å²) in [5.74, 6) is -0.739. The second kappa shape index (κ2) is 7.75. The van der Waals surface area contributed by atoms with E-state index in [1.54, 1.807) is 0 Å². The molecule has 0 aliphatic carbocycles. The highest BCUT2D eigenvalue weighted by molar-refractivity contribution is 5.67. The van der Waals surface area contributed by atoms with E-state index in [0.717, 1.165) is 18.7 Å². The Morgan fingerprint density at radius 3 is 2.39 bits per heavy atom. The zero-order valence-electron chi connectivity index (χ0n) is 11.4. The van der Waals surface area contributed by atoms with Crippen LogP contribution in [0.3, 0.4) is 0 Å². The minimum atomic E-state index is -0.739. The monoisotopic (exact) mass is 249 g/mol. The predicted octanol–water partition coefficient (Wildman–Crippen LogP) is 3.33. The molecule has 0 atom stereocenters. The molecule has 1 aromatic carbocycles. The molecule has 18 heavy (non-hydrogen) atoms. The number of hydrogen-bond donors (Lipinski definition) is 1. The Morgan fingerprint density at radius 2 is 1.89 bits per heavy atom. The first-order chi connectivity index (χ1) is 8.67. The molecule has 0 saturated heterocycles. The van der Waals surface area contributed by atoms with Crippen LogP contribution < -0.4 is 4.90 Å². The lowest BCUT2D eigenvalue weighted by Crippen LogP contribution is -2.23. The van der Waals surface area contributed by atoms with Crippen molar-refractivity contribution in [3.05, 3.63) is 29.8 Å². The van der Waals surface area contributed by atoms with Gasteiger partial charge in [-0.2, -0.15) is 0 Å². The fraction of sp³-hybridized carbons (Fsp3) is 0.533. The SMILES string of the molecule is CCCCN(CC)c1ccc(CCC(=O)O)cc1. The van der Waals surface area contributed by atoms with E-state index < -0.39 is 5.97 Å². The second-order valence-corrected chi connectivity index (χ2v) is 4.49. The molecule has 3 heteroatoms. The molecule has 0 spiro atoms. The largest absolute Gasteiger partial charge is 0.481 e. The molecule has 0 radical (unpaired) electrons. The number of carbonyl (C=O) groups is 1. The zero-order valence-corrected chi connectivity index (χ0v) is 11.4. The summed E-state index contributed by atoms with van der Waals surface area (Å²) < 4.78 is 0. The van der Waals surface area contributed by atoms with Crippen molar-refractivity contribution < 1.29 is 9.90 Å². The Morgan fingerprint density at radius 1 is 1.22 bits per heavy atom. The number of benzene rings is 1. The Bertz CT molecular complexity index is 359. The molecular weight excluding hydrogens is 226 g/mol. The van der Waals surface area contributed by atoms with E-state index in [1.165, 1.54) is 18.5 Å². The number of rotatable bonds is 8. The normalized spacial score (nSPS) is 10.3. The van der Waals surface area contributed by atoms with Gasteiger partial charge in [0.2, 0.25) is 0 Å². The number of hydrogen-bond acceptors (Lipinski definition) is 2. The van der Waals surface area contributed by atoms with E-state index in [9.17, 15) is 4.79 Å². The van der Waals surface area contributed by atoms with Gasteiger partial charge >= 0.3 is 5.97 Å². The summed E-state index contributed by atoms with van der Waals surface area (Å²) in [5, 5.41) is 8.64. The van der Waals surface area contributed by atoms with Crippen LogP contribution in [0, 0.1) is 0 Å². The number of aliphatic carboxylic acids is 1. The van der Waals surface area contributed by atoms with E-state index in [4.69, 9.17) is 5.11 Å². The van der Waals surface area contributed by atoms with Crippen molar-refractivity contribution in [1.29, 1.82) is 0 Å². The molecule has 0 saturated carbocycles. The van der Waals surface area contributed by atoms with Crippen LogP contribution in [-0.2, 0) is 11.2 Å². The summed E-state index contributed by atoms with van der Waals surface area (Å²) in [6, 6.07) is 8.26. The van der Waals surface area contributed by atoms with E-state index in [0.29, 0.717) is 6.42 Å². The van der Waals surface area contributed by atoms with Crippen LogP contribution in [0.1, 0.15) is 38.7 Å². The summed E-state index contributed by atoms with van der Waals surface area (Å²) in [4.78, 5) is 12.9. The van der Waals surface area contributed by atoms with Gasteiger partial charge in [-0.15, -0.1) is 0 Å². The fourth-order valence-corrected chi connectivity index (χ4v) is 1.94. The number of aryl methyl sites for hydroxylation is 1. The first kappa shape index (κ1) is 14.6. The number of carboxylic acid groups (broad SMARTS) is 1. The van der Waals surface area contributed by atoms with Crippen LogP contribution in [0.4, 0.5) is 5.69 Å². The van der Waals surface area contributed by atoms with Crippen molar-refractivity contribution >= 4 is 11.7 Å². The molecule has 0 heterocycles. The van der Waals surface area contributed by atoms with Gasteiger partial charge in [0.1, 0.15) is 0 Å². The van der Waals surface area contributed by atoms with Crippen LogP contribution in [0.25, 0.3) is 0 Å². The highest BCUT2D eigenvalue weighted by atomic mass is 16.4. The van der Waals surface area contributed by atoms with Crippen molar-refractivity contribution in [3.63, 3.8) is 0 Å². The van der Waals surface area contributed by atoms with Gasteiger partial charge in [0.05, 0.1) is 0 Å². The highest BCUT2D eigenvalue weighted by Crippen LogP contribution is 2.16. The molecule has 0 aromatic heterocycles. The molecule has 1 rings (SSSR count). The summed E-state index contributed by atoms with van der Waals surface area (Å²) in [7, 11) is 0. The zero-order chi connectivity index (χ0) is 13.4. The molecule has 0 amide bonds. The summed E-state index contributed by atoms with van der Waals surface area (Å²) in [6.45, 7) is 6.45. The lowest BCUT2D eigenvalue weighted by atomic mass is 10.1. The van der Waals surface area contributed by atoms with Gasteiger partial charge in [0.15, 0.2) is 0 Å². The molecule has 0 fully saturated rings. The summed E-state index contributed by atoms with van der Waals surface area (Å²) in [5.41, 5.74) is 2.32. The van der Waals surface area contributed by atoms with Crippen LogP contribution in [0.2, 0.25) is 0 Å². The molecule has 0 bridgehead atoms. The molecule has 0 aliphatic rings. The van der Waals surface area contributed by atoms with Crippen molar-refractivity contribution in [3.8, 4) is 0 Å². The number of carboxylic acids is 1. The van der Waals surface area contributed by atoms with Gasteiger partial charge < -0.3 is 10.0 Å². The standard InChI is InChI=1S/C15H23NO2/c1-3-5-12-16(4-2)14-9-6-13(7-10-14)8-11-15(17)18/h6-7,9-10H,3-5,8,11-12H2,1-2H3,(H,17,18). The van der Waals surface area contributed by atoms with Crippen LogP contribution in [0.5, 0.6) is 0 Å². The summed E-state index contributed by atoms with van der Waals surface area (Å²) in [6.07, 6.45) is 3.21. The Labute approximate surface area is 109 Å². The summed E-state index contributed by atoms with van der Waals surface area (Å²) >= 11 is 0. The third-order valence-corrected chi connectivity index (χ3v) is 3.09. The highest BCUT2D eigenvalue weighted by Gasteiger charge is 2.04. The van der Waals surface area contributed by atoms with Crippen molar-refractivity contribution in [2.24, 2.45) is 0 Å². The van der Waals surface area contributed by atoms with Gasteiger partial charge in [-0.25, -0.2) is 0 Å². The number of anilines is 1. The molecule has 1 N–H and O–H groups in total. The Kier molecular flexibility index (Phi) is 6.26. The average molecular weight is 249 g/mol. The van der Waals surface area contributed by atoms with Crippen LogP contribution >= 0.6 is 0 Å². The fourth-order valence-electron chi connectivity index (χ4n) is 1.94. The molecule has 3 nitrogen and oxygen atoms in total. The molecule has 0 aliphatic heterocycles. The van der Waals surface area contributed by atoms with E-state index in [1.807, 2.05) is 12.1 Å². The maximum atomic E-state index is 10.5. The molecule has 100 valence electrons. The van der Waals surface area contributed by atoms with Gasteiger partial charge in [-0.05, 0) is 37.5 Å². The van der Waals surface area contributed by atoms with Crippen molar-refractivity contribution in [2.45, 2.75) is 39.5 Å². The maximum Gasteiger partial charge on any atom is 0.303 e. The van der Waals surface area contributed by atoms with Gasteiger partial charge in [-0.1, -0.05) is 25.5 Å². The quantitative estimate of drug-likeness (QED) is 0.768. The molecule has 1 aromatic rings. The third-order valence-electron chi connectivity index (χ3n) is 3.09. The smallest absolute Gasteiger partial charge is 0.303 e. The average Bonchev–Trinajstić information content (AvgIpc) is 2.38. The minimum Gasteiger partial charge on any atom is -0.481 e. The van der Waals surface area contributed by atoms with E-state index in [2.05, 4.69) is 30.9 Å². The Balaban J connectivity index is 2.59. The van der Waals surface area contributed by atoms with Crippen molar-refractivity contribution in [1.82, 2.24) is 0 Å². The lowest BCUT2D eigenvalue weighted by molar-refractivity contribution is -0.136. The molecule has 0 unspecified atom stereocenters. The van der Waals surface area contributed by atoms with Gasteiger partial charge in [-0.3, -0.25) is 4.79 Å². The number of unbranched alkanes of at least 4 members (excludes halogenated alkanes) is 1. The van der Waals surface area contributed by atoms with Crippen LogP contribution in [-0.4, -0.2) is 24.2 Å². The van der Waals surface area contributed by atoms with Gasteiger partial charge in [0.25, 0.3) is 0 Å². The van der Waals surface area contributed by atoms with E-state index >= 15 is 0 Å². The number of nitrogens with zero attached hydrogens (tertiary/aromatic N) is 1. The second-order valence-electron chi connectivity index (χ2n) is 4.49. The van der Waals surface area contributed by atoms with E-state index in [-0.39, 0.29) is 6.42 Å². The Hall–Kier alpha value is -1.51. The predicted molar refractivity (Wildman–Crippen MR) is 75.2 cm³/mol. The molecular formula is C15H23NO2. The minimum absolute atomic E-state index is 0.201. The van der Waals surface area contributed by atoms with Crippen LogP contribution in [0.15, 0.2) is 24.3 Å². The third kappa shape index (κ3) is 4.78. The maximum absolute atomic E-state index is 10.5. The topological polar surface area (TPSA) is 40.5 Å². The van der Waals surface area contributed by atoms with Crippen molar-refractivity contribution in [2.75, 3.05) is 18.0 Å². The first-order valence-electron chi connectivity index (χ1n) is 6.73. The lowest BCUT2D eigenvalue weighted by Gasteiger charge is -2.23. The van der Waals surface area contributed by atoms with Gasteiger partial charge in [0, 0.05) is 25.2 Å². The first-order valence-corrected chi connectivity index (χ1v) is 6.73.